The van der Waals surface area contributed by atoms with Gasteiger partial charge in [0, 0.05) is 32.0 Å². The number of hydrogen-bond acceptors (Lipinski definition) is 3. The van der Waals surface area contributed by atoms with E-state index in [1.807, 2.05) is 13.0 Å². The summed E-state index contributed by atoms with van der Waals surface area (Å²) in [6.45, 7) is 2.54. The van der Waals surface area contributed by atoms with E-state index >= 15 is 0 Å². The van der Waals surface area contributed by atoms with Gasteiger partial charge in [0.25, 0.3) is 0 Å². The fourth-order valence-corrected chi connectivity index (χ4v) is 1.22. The summed E-state index contributed by atoms with van der Waals surface area (Å²) in [7, 11) is 0. The Balaban J connectivity index is 2.37. The lowest BCUT2D eigenvalue weighted by atomic mass is 10.1. The van der Waals surface area contributed by atoms with E-state index in [-0.39, 0.29) is 12.5 Å². The van der Waals surface area contributed by atoms with Crippen LogP contribution >= 0.6 is 0 Å². The van der Waals surface area contributed by atoms with Crippen molar-refractivity contribution in [2.24, 2.45) is 0 Å². The van der Waals surface area contributed by atoms with E-state index in [4.69, 9.17) is 5.11 Å². The minimum atomic E-state index is -0.0275. The SMILES string of the molecule is Cc1cnccc1CNC(=O)CCCO. The topological polar surface area (TPSA) is 62.2 Å². The summed E-state index contributed by atoms with van der Waals surface area (Å²) in [4.78, 5) is 15.2. The smallest absolute Gasteiger partial charge is 0.220 e. The van der Waals surface area contributed by atoms with Crippen molar-refractivity contribution in [1.82, 2.24) is 10.3 Å². The number of carbonyl (C=O) groups excluding carboxylic acids is 1. The zero-order chi connectivity index (χ0) is 11.1. The largest absolute Gasteiger partial charge is 0.396 e. The van der Waals surface area contributed by atoms with Gasteiger partial charge in [-0.1, -0.05) is 0 Å². The number of aryl methyl sites for hydroxylation is 1. The Hall–Kier alpha value is -1.42. The van der Waals surface area contributed by atoms with Crippen LogP contribution < -0.4 is 5.32 Å². The Morgan fingerprint density at radius 3 is 3.07 bits per heavy atom. The van der Waals surface area contributed by atoms with Crippen molar-refractivity contribution in [3.8, 4) is 0 Å². The van der Waals surface area contributed by atoms with Crippen LogP contribution in [-0.2, 0) is 11.3 Å². The number of aliphatic hydroxyl groups excluding tert-OH is 1. The van der Waals surface area contributed by atoms with Crippen LogP contribution in [0.15, 0.2) is 18.5 Å². The van der Waals surface area contributed by atoms with Crippen LogP contribution in [0.3, 0.4) is 0 Å². The highest BCUT2D eigenvalue weighted by atomic mass is 16.3. The molecule has 0 saturated heterocycles. The number of carbonyl (C=O) groups is 1. The zero-order valence-corrected chi connectivity index (χ0v) is 8.86. The lowest BCUT2D eigenvalue weighted by Crippen LogP contribution is -2.23. The quantitative estimate of drug-likeness (QED) is 0.751. The molecule has 0 aliphatic carbocycles. The molecule has 4 heteroatoms. The van der Waals surface area contributed by atoms with Gasteiger partial charge in [0.2, 0.25) is 5.91 Å². The van der Waals surface area contributed by atoms with Gasteiger partial charge in [-0.05, 0) is 30.5 Å². The predicted molar refractivity (Wildman–Crippen MR) is 57.1 cm³/mol. The molecule has 4 nitrogen and oxygen atoms in total. The first-order chi connectivity index (χ1) is 7.24. The first-order valence-electron chi connectivity index (χ1n) is 5.01. The molecule has 1 heterocycles. The maximum atomic E-state index is 11.2. The summed E-state index contributed by atoms with van der Waals surface area (Å²) in [5.74, 6) is -0.0275. The van der Waals surface area contributed by atoms with Crippen LogP contribution in [0.25, 0.3) is 0 Å². The fraction of sp³-hybridized carbons (Fsp3) is 0.455. The van der Waals surface area contributed by atoms with Gasteiger partial charge < -0.3 is 10.4 Å². The number of nitrogens with zero attached hydrogens (tertiary/aromatic N) is 1. The average molecular weight is 208 g/mol. The highest BCUT2D eigenvalue weighted by Crippen LogP contribution is 2.04. The molecule has 15 heavy (non-hydrogen) atoms. The molecule has 0 radical (unpaired) electrons. The molecule has 1 amide bonds. The standard InChI is InChI=1S/C11H16N2O2/c1-9-7-12-5-4-10(9)8-13-11(15)3-2-6-14/h4-5,7,14H,2-3,6,8H2,1H3,(H,13,15). The Kier molecular flexibility index (Phi) is 4.77. The molecular weight excluding hydrogens is 192 g/mol. The third-order valence-electron chi connectivity index (χ3n) is 2.17. The molecule has 0 atom stereocenters. The van der Waals surface area contributed by atoms with E-state index in [0.717, 1.165) is 11.1 Å². The number of hydrogen-bond donors (Lipinski definition) is 2. The molecule has 0 spiro atoms. The molecule has 1 rings (SSSR count). The lowest BCUT2D eigenvalue weighted by Gasteiger charge is -2.06. The molecule has 1 aromatic heterocycles. The van der Waals surface area contributed by atoms with Crippen LogP contribution in [0.4, 0.5) is 0 Å². The van der Waals surface area contributed by atoms with E-state index in [0.29, 0.717) is 19.4 Å². The number of nitrogens with one attached hydrogen (secondary N) is 1. The second-order valence-electron chi connectivity index (χ2n) is 3.41. The number of pyridine rings is 1. The Morgan fingerprint density at radius 1 is 1.60 bits per heavy atom. The molecule has 2 N–H and O–H groups in total. The molecular formula is C11H16N2O2. The van der Waals surface area contributed by atoms with Crippen LogP contribution in [0.5, 0.6) is 0 Å². The molecule has 0 aromatic carbocycles. The number of amides is 1. The van der Waals surface area contributed by atoms with Gasteiger partial charge in [0.1, 0.15) is 0 Å². The van der Waals surface area contributed by atoms with Crippen molar-refractivity contribution in [1.29, 1.82) is 0 Å². The minimum absolute atomic E-state index is 0.0275. The first-order valence-corrected chi connectivity index (χ1v) is 5.01. The Morgan fingerprint density at radius 2 is 2.40 bits per heavy atom. The zero-order valence-electron chi connectivity index (χ0n) is 8.86. The van der Waals surface area contributed by atoms with E-state index in [9.17, 15) is 4.79 Å². The molecule has 1 aromatic rings. The van der Waals surface area contributed by atoms with E-state index in [2.05, 4.69) is 10.3 Å². The van der Waals surface area contributed by atoms with Crippen molar-refractivity contribution < 1.29 is 9.90 Å². The van der Waals surface area contributed by atoms with Gasteiger partial charge in [-0.2, -0.15) is 0 Å². The third kappa shape index (κ3) is 4.08. The molecule has 0 fully saturated rings. The van der Waals surface area contributed by atoms with Crippen LogP contribution in [0.2, 0.25) is 0 Å². The summed E-state index contributed by atoms with van der Waals surface area (Å²) in [5, 5.41) is 11.4. The molecule has 0 aliphatic rings. The molecule has 0 saturated carbocycles. The fourth-order valence-electron chi connectivity index (χ4n) is 1.22. The normalized spacial score (nSPS) is 10.0. The summed E-state index contributed by atoms with van der Waals surface area (Å²) < 4.78 is 0. The Bertz CT molecular complexity index is 326. The minimum Gasteiger partial charge on any atom is -0.396 e. The molecule has 0 bridgehead atoms. The van der Waals surface area contributed by atoms with Gasteiger partial charge in [0.05, 0.1) is 0 Å². The number of aromatic nitrogens is 1. The number of aliphatic hydroxyl groups is 1. The van der Waals surface area contributed by atoms with Crippen LogP contribution in [0, 0.1) is 6.92 Å². The van der Waals surface area contributed by atoms with Crippen molar-refractivity contribution >= 4 is 5.91 Å². The van der Waals surface area contributed by atoms with Crippen molar-refractivity contribution in [3.63, 3.8) is 0 Å². The maximum Gasteiger partial charge on any atom is 0.220 e. The van der Waals surface area contributed by atoms with E-state index < -0.39 is 0 Å². The summed E-state index contributed by atoms with van der Waals surface area (Å²) in [6.07, 6.45) is 4.37. The molecule has 0 aliphatic heterocycles. The van der Waals surface area contributed by atoms with Crippen LogP contribution in [0.1, 0.15) is 24.0 Å². The summed E-state index contributed by atoms with van der Waals surface area (Å²) in [5.41, 5.74) is 2.14. The monoisotopic (exact) mass is 208 g/mol. The van der Waals surface area contributed by atoms with Crippen molar-refractivity contribution in [2.45, 2.75) is 26.3 Å². The molecule has 0 unspecified atom stereocenters. The van der Waals surface area contributed by atoms with Crippen molar-refractivity contribution in [2.75, 3.05) is 6.61 Å². The second kappa shape index (κ2) is 6.14. The second-order valence-corrected chi connectivity index (χ2v) is 3.41. The van der Waals surface area contributed by atoms with Gasteiger partial charge in [-0.15, -0.1) is 0 Å². The summed E-state index contributed by atoms with van der Waals surface area (Å²) in [6, 6.07) is 1.89. The van der Waals surface area contributed by atoms with E-state index in [1.165, 1.54) is 0 Å². The highest BCUT2D eigenvalue weighted by Gasteiger charge is 2.02. The van der Waals surface area contributed by atoms with Gasteiger partial charge in [-0.25, -0.2) is 0 Å². The lowest BCUT2D eigenvalue weighted by molar-refractivity contribution is -0.121. The average Bonchev–Trinajstić information content (AvgIpc) is 2.25. The van der Waals surface area contributed by atoms with Crippen LogP contribution in [-0.4, -0.2) is 22.6 Å². The first kappa shape index (κ1) is 11.7. The van der Waals surface area contributed by atoms with Gasteiger partial charge in [-0.3, -0.25) is 9.78 Å². The van der Waals surface area contributed by atoms with E-state index in [1.54, 1.807) is 12.4 Å². The third-order valence-corrected chi connectivity index (χ3v) is 2.17. The maximum absolute atomic E-state index is 11.2. The van der Waals surface area contributed by atoms with Crippen molar-refractivity contribution in [3.05, 3.63) is 29.6 Å². The summed E-state index contributed by atoms with van der Waals surface area (Å²) >= 11 is 0. The highest BCUT2D eigenvalue weighted by molar-refractivity contribution is 5.75. The van der Waals surface area contributed by atoms with Gasteiger partial charge >= 0.3 is 0 Å². The molecule has 82 valence electrons. The Labute approximate surface area is 89.3 Å². The predicted octanol–water partition coefficient (Wildman–Crippen LogP) is 0.779. The van der Waals surface area contributed by atoms with Gasteiger partial charge in [0.15, 0.2) is 0 Å². The number of rotatable bonds is 5.